The lowest BCUT2D eigenvalue weighted by atomic mass is 10.2. The van der Waals surface area contributed by atoms with E-state index in [1.807, 2.05) is 12.3 Å². The van der Waals surface area contributed by atoms with E-state index in [4.69, 9.17) is 0 Å². The molecule has 2 nitrogen and oxygen atoms in total. The summed E-state index contributed by atoms with van der Waals surface area (Å²) in [6.07, 6.45) is 1.85. The third kappa shape index (κ3) is 0.727. The van der Waals surface area contributed by atoms with Gasteiger partial charge in [0.2, 0.25) is 0 Å². The van der Waals surface area contributed by atoms with Gasteiger partial charge < -0.3 is 5.32 Å². The first-order valence-electron chi connectivity index (χ1n) is 3.55. The molecule has 52 valence electrons. The molecule has 1 aliphatic rings. The van der Waals surface area contributed by atoms with Crippen LogP contribution in [0.2, 0.25) is 0 Å². The standard InChI is InChI=1S/C8H10N2/c1-6-8-7(5-10-6)3-2-4-9-8/h2-4,6,10H,5H2,1H3. The van der Waals surface area contributed by atoms with Crippen molar-refractivity contribution in [2.24, 2.45) is 0 Å². The lowest BCUT2D eigenvalue weighted by Crippen LogP contribution is -2.07. The summed E-state index contributed by atoms with van der Waals surface area (Å²) in [5, 5.41) is 3.32. The van der Waals surface area contributed by atoms with Crippen LogP contribution in [-0.4, -0.2) is 4.98 Å². The summed E-state index contributed by atoms with van der Waals surface area (Å²) in [7, 11) is 0. The maximum Gasteiger partial charge on any atom is 0.0615 e. The Morgan fingerprint density at radius 3 is 3.40 bits per heavy atom. The van der Waals surface area contributed by atoms with Gasteiger partial charge in [0.15, 0.2) is 0 Å². The van der Waals surface area contributed by atoms with Crippen molar-refractivity contribution >= 4 is 0 Å². The third-order valence-corrected chi connectivity index (χ3v) is 1.93. The van der Waals surface area contributed by atoms with Gasteiger partial charge in [-0.1, -0.05) is 6.07 Å². The van der Waals surface area contributed by atoms with Gasteiger partial charge >= 0.3 is 0 Å². The van der Waals surface area contributed by atoms with Crippen molar-refractivity contribution in [2.75, 3.05) is 0 Å². The first kappa shape index (κ1) is 5.86. The summed E-state index contributed by atoms with van der Waals surface area (Å²) in [5.74, 6) is 0. The van der Waals surface area contributed by atoms with Crippen LogP contribution < -0.4 is 5.32 Å². The first-order chi connectivity index (χ1) is 4.88. The highest BCUT2D eigenvalue weighted by atomic mass is 15.0. The second kappa shape index (κ2) is 2.06. The van der Waals surface area contributed by atoms with E-state index in [0.717, 1.165) is 6.54 Å². The monoisotopic (exact) mass is 134 g/mol. The number of fused-ring (bicyclic) bond motifs is 1. The van der Waals surface area contributed by atoms with E-state index in [1.54, 1.807) is 0 Å². The number of hydrogen-bond donors (Lipinski definition) is 1. The molecule has 2 rings (SSSR count). The van der Waals surface area contributed by atoms with Crippen molar-refractivity contribution in [2.45, 2.75) is 19.5 Å². The Bertz CT molecular complexity index is 245. The molecular weight excluding hydrogens is 124 g/mol. The van der Waals surface area contributed by atoms with Crippen molar-refractivity contribution in [3.63, 3.8) is 0 Å². The predicted molar refractivity (Wildman–Crippen MR) is 39.5 cm³/mol. The topological polar surface area (TPSA) is 24.9 Å². The molecule has 0 spiro atoms. The minimum absolute atomic E-state index is 0.441. The normalized spacial score (nSPS) is 22.7. The van der Waals surface area contributed by atoms with Gasteiger partial charge in [0.05, 0.1) is 5.69 Å². The minimum Gasteiger partial charge on any atom is -0.305 e. The van der Waals surface area contributed by atoms with Crippen molar-refractivity contribution < 1.29 is 0 Å². The zero-order valence-electron chi connectivity index (χ0n) is 5.96. The van der Waals surface area contributed by atoms with Crippen LogP contribution >= 0.6 is 0 Å². The molecular formula is C8H10N2. The van der Waals surface area contributed by atoms with Crippen molar-refractivity contribution in [1.29, 1.82) is 0 Å². The van der Waals surface area contributed by atoms with Crippen molar-refractivity contribution in [3.05, 3.63) is 29.6 Å². The van der Waals surface area contributed by atoms with Crippen LogP contribution in [0.4, 0.5) is 0 Å². The second-order valence-corrected chi connectivity index (χ2v) is 2.65. The molecule has 1 atom stereocenters. The summed E-state index contributed by atoms with van der Waals surface area (Å²) in [4.78, 5) is 4.28. The van der Waals surface area contributed by atoms with Gasteiger partial charge in [-0.05, 0) is 18.6 Å². The largest absolute Gasteiger partial charge is 0.305 e. The summed E-state index contributed by atoms with van der Waals surface area (Å²) < 4.78 is 0. The Morgan fingerprint density at radius 1 is 1.70 bits per heavy atom. The van der Waals surface area contributed by atoms with Crippen LogP contribution in [0.15, 0.2) is 18.3 Å². The maximum atomic E-state index is 4.28. The van der Waals surface area contributed by atoms with E-state index < -0.39 is 0 Å². The van der Waals surface area contributed by atoms with Gasteiger partial charge in [-0.2, -0.15) is 0 Å². The molecule has 1 aliphatic heterocycles. The maximum absolute atomic E-state index is 4.28. The van der Waals surface area contributed by atoms with Crippen LogP contribution in [0.25, 0.3) is 0 Å². The lowest BCUT2D eigenvalue weighted by Gasteiger charge is -2.00. The highest BCUT2D eigenvalue weighted by Gasteiger charge is 2.17. The quantitative estimate of drug-likeness (QED) is 0.577. The SMILES string of the molecule is CC1NCc2cccnc21. The van der Waals surface area contributed by atoms with Gasteiger partial charge in [0.25, 0.3) is 0 Å². The van der Waals surface area contributed by atoms with Crippen LogP contribution in [0.3, 0.4) is 0 Å². The Morgan fingerprint density at radius 2 is 2.60 bits per heavy atom. The number of hydrogen-bond acceptors (Lipinski definition) is 2. The highest BCUT2D eigenvalue weighted by molar-refractivity contribution is 5.26. The van der Waals surface area contributed by atoms with Crippen molar-refractivity contribution in [3.8, 4) is 0 Å². The molecule has 0 amide bonds. The zero-order chi connectivity index (χ0) is 6.97. The number of rotatable bonds is 0. The molecule has 0 fully saturated rings. The fourth-order valence-corrected chi connectivity index (χ4v) is 1.35. The first-order valence-corrected chi connectivity index (χ1v) is 3.55. The number of nitrogens with one attached hydrogen (secondary N) is 1. The second-order valence-electron chi connectivity index (χ2n) is 2.65. The molecule has 0 bridgehead atoms. The van der Waals surface area contributed by atoms with Crippen LogP contribution in [0.1, 0.15) is 24.2 Å². The summed E-state index contributed by atoms with van der Waals surface area (Å²) in [6, 6.07) is 4.55. The molecule has 0 saturated heterocycles. The molecule has 1 aromatic rings. The molecule has 1 aromatic heterocycles. The summed E-state index contributed by atoms with van der Waals surface area (Å²) >= 11 is 0. The number of aromatic nitrogens is 1. The fraction of sp³-hybridized carbons (Fsp3) is 0.375. The van der Waals surface area contributed by atoms with E-state index in [2.05, 4.69) is 23.3 Å². The third-order valence-electron chi connectivity index (χ3n) is 1.93. The van der Waals surface area contributed by atoms with E-state index in [1.165, 1.54) is 11.3 Å². The van der Waals surface area contributed by atoms with Gasteiger partial charge in [-0.25, -0.2) is 0 Å². The van der Waals surface area contributed by atoms with E-state index in [0.29, 0.717) is 6.04 Å². The average molecular weight is 134 g/mol. The van der Waals surface area contributed by atoms with Gasteiger partial charge in [-0.15, -0.1) is 0 Å². The predicted octanol–water partition coefficient (Wildman–Crippen LogP) is 1.25. The Kier molecular flexibility index (Phi) is 1.21. The smallest absolute Gasteiger partial charge is 0.0615 e. The molecule has 1 unspecified atom stereocenters. The summed E-state index contributed by atoms with van der Waals surface area (Å²) in [5.41, 5.74) is 2.55. The molecule has 0 saturated carbocycles. The summed E-state index contributed by atoms with van der Waals surface area (Å²) in [6.45, 7) is 3.11. The van der Waals surface area contributed by atoms with E-state index in [9.17, 15) is 0 Å². The minimum atomic E-state index is 0.441. The van der Waals surface area contributed by atoms with Crippen LogP contribution in [0, 0.1) is 0 Å². The fourth-order valence-electron chi connectivity index (χ4n) is 1.35. The molecule has 10 heavy (non-hydrogen) atoms. The lowest BCUT2D eigenvalue weighted by molar-refractivity contribution is 0.623. The Labute approximate surface area is 60.3 Å². The number of pyridine rings is 1. The van der Waals surface area contributed by atoms with Crippen molar-refractivity contribution in [1.82, 2.24) is 10.3 Å². The van der Waals surface area contributed by atoms with E-state index in [-0.39, 0.29) is 0 Å². The molecule has 2 heteroatoms. The zero-order valence-corrected chi connectivity index (χ0v) is 5.96. The Balaban J connectivity index is 2.51. The Hall–Kier alpha value is -0.890. The molecule has 2 heterocycles. The number of nitrogens with zero attached hydrogens (tertiary/aromatic N) is 1. The highest BCUT2D eigenvalue weighted by Crippen LogP contribution is 2.20. The van der Waals surface area contributed by atoms with Crippen LogP contribution in [0.5, 0.6) is 0 Å². The molecule has 0 aromatic carbocycles. The van der Waals surface area contributed by atoms with Gasteiger partial charge in [0.1, 0.15) is 0 Å². The van der Waals surface area contributed by atoms with E-state index >= 15 is 0 Å². The van der Waals surface area contributed by atoms with Gasteiger partial charge in [-0.3, -0.25) is 4.98 Å². The van der Waals surface area contributed by atoms with Gasteiger partial charge in [0, 0.05) is 18.8 Å². The molecule has 1 N–H and O–H groups in total. The van der Waals surface area contributed by atoms with Crippen LogP contribution in [-0.2, 0) is 6.54 Å². The molecule has 0 aliphatic carbocycles. The average Bonchev–Trinajstić information content (AvgIpc) is 2.34. The molecule has 0 radical (unpaired) electrons.